The Balaban J connectivity index is 0.00000147. The summed E-state index contributed by atoms with van der Waals surface area (Å²) in [5.41, 5.74) is 8.68. The first-order chi connectivity index (χ1) is 22.0. The van der Waals surface area contributed by atoms with Gasteiger partial charge in [0, 0.05) is 29.8 Å². The third-order valence-corrected chi connectivity index (χ3v) is 8.72. The van der Waals surface area contributed by atoms with Gasteiger partial charge < -0.3 is 14.8 Å². The monoisotopic (exact) mass is 655 g/mol. The molecule has 2 aromatic rings. The standard InChI is InChI=1S/C30H38NO2P.C5H12.C2H6.C2H2.CH2F2/c1-5-30(6-2)19-23(26-16-14-24(34)18-29(26)33-30)17-28(22-10-8-11-22)31-27-12-7-9-20(3)25(27)15-13-21(4)32;1-4-5(2)3;2*1-2;2-1-3/h7,9,12,14,16-18,31H,5-6,8,10-11,13,15,19,34H2,1-4H3;5H,4H2,1-3H3;1-2H3;1-2H;1H2/b23-17+;;;;. The van der Waals surface area contributed by atoms with E-state index in [1.165, 1.54) is 46.4 Å². The minimum atomic E-state index is -1.75. The number of aryl methyl sites for hydroxylation is 1. The minimum Gasteiger partial charge on any atom is -0.486 e. The summed E-state index contributed by atoms with van der Waals surface area (Å²) in [4.78, 5) is 11.7. The summed E-state index contributed by atoms with van der Waals surface area (Å²) in [6.45, 7) is 17.2. The molecule has 1 aliphatic carbocycles. The summed E-state index contributed by atoms with van der Waals surface area (Å²) < 4.78 is 25.8. The summed E-state index contributed by atoms with van der Waals surface area (Å²) >= 11 is 0. The van der Waals surface area contributed by atoms with E-state index in [-0.39, 0.29) is 11.4 Å². The van der Waals surface area contributed by atoms with Crippen molar-refractivity contribution in [3.05, 3.63) is 70.4 Å². The predicted molar refractivity (Wildman–Crippen MR) is 200 cm³/mol. The van der Waals surface area contributed by atoms with Gasteiger partial charge in [-0.2, -0.15) is 0 Å². The number of Topliss-reactive ketones (excluding diaryl/α,β-unsaturated/α-hetero) is 1. The van der Waals surface area contributed by atoms with E-state index in [0.717, 1.165) is 61.2 Å². The summed E-state index contributed by atoms with van der Waals surface area (Å²) in [6.07, 6.45) is 19.4. The molecule has 256 valence electrons. The average Bonchev–Trinajstić information content (AvgIpc) is 3.02. The molecule has 1 fully saturated rings. The van der Waals surface area contributed by atoms with Gasteiger partial charge in [-0.25, -0.2) is 8.78 Å². The number of carbonyl (C=O) groups is 1. The molecule has 1 aliphatic heterocycles. The first-order valence-corrected chi connectivity index (χ1v) is 17.4. The van der Waals surface area contributed by atoms with Gasteiger partial charge in [0.2, 0.25) is 6.93 Å². The van der Waals surface area contributed by atoms with Gasteiger partial charge in [-0.1, -0.05) is 79.2 Å². The van der Waals surface area contributed by atoms with E-state index in [2.05, 4.69) is 111 Å². The van der Waals surface area contributed by atoms with Crippen molar-refractivity contribution in [2.75, 3.05) is 12.2 Å². The zero-order chi connectivity index (χ0) is 35.3. The smallest absolute Gasteiger partial charge is 0.229 e. The maximum absolute atomic E-state index is 11.7. The molecular formula is C40H60F2NO2P. The van der Waals surface area contributed by atoms with E-state index in [1.807, 2.05) is 13.8 Å². The quantitative estimate of drug-likeness (QED) is 0.216. The van der Waals surface area contributed by atoms with Crippen LogP contribution in [-0.2, 0) is 11.2 Å². The molecule has 46 heavy (non-hydrogen) atoms. The number of rotatable bonds is 9. The van der Waals surface area contributed by atoms with Crippen LogP contribution in [0.2, 0.25) is 0 Å². The van der Waals surface area contributed by atoms with Crippen molar-refractivity contribution in [2.24, 2.45) is 5.92 Å². The van der Waals surface area contributed by atoms with E-state index in [0.29, 0.717) is 6.42 Å². The van der Waals surface area contributed by atoms with Gasteiger partial charge in [0.15, 0.2) is 0 Å². The molecule has 0 saturated heterocycles. The van der Waals surface area contributed by atoms with Crippen LogP contribution in [0.5, 0.6) is 5.75 Å². The number of anilines is 1. The van der Waals surface area contributed by atoms with Crippen molar-refractivity contribution in [3.63, 3.8) is 0 Å². The molecule has 1 heterocycles. The third-order valence-electron chi connectivity index (χ3n) is 8.36. The number of ketones is 1. The van der Waals surface area contributed by atoms with Gasteiger partial charge in [-0.05, 0) is 104 Å². The van der Waals surface area contributed by atoms with Crippen LogP contribution in [-0.4, -0.2) is 18.3 Å². The van der Waals surface area contributed by atoms with E-state index >= 15 is 0 Å². The van der Waals surface area contributed by atoms with Gasteiger partial charge in [-0.3, -0.25) is 0 Å². The Kier molecular flexibility index (Phi) is 21.9. The second-order valence-corrected chi connectivity index (χ2v) is 12.5. The molecule has 0 spiro atoms. The van der Waals surface area contributed by atoms with Crippen molar-refractivity contribution < 1.29 is 18.3 Å². The molecule has 4 rings (SSSR count). The largest absolute Gasteiger partial charge is 0.486 e. The second kappa shape index (κ2) is 23.4. The van der Waals surface area contributed by atoms with Gasteiger partial charge in [0.25, 0.3) is 0 Å². The van der Waals surface area contributed by atoms with Gasteiger partial charge in [0.1, 0.15) is 17.1 Å². The van der Waals surface area contributed by atoms with Crippen LogP contribution < -0.4 is 15.4 Å². The molecule has 6 heteroatoms. The number of ether oxygens (including phenoxy) is 1. The van der Waals surface area contributed by atoms with Crippen LogP contribution in [0.3, 0.4) is 0 Å². The molecule has 0 radical (unpaired) electrons. The number of alkyl halides is 2. The number of hydrogen-bond acceptors (Lipinski definition) is 3. The van der Waals surface area contributed by atoms with E-state index in [4.69, 9.17) is 4.74 Å². The molecule has 0 amide bonds. The Morgan fingerprint density at radius 3 is 2.15 bits per heavy atom. The fraction of sp³-hybridized carbons (Fsp3) is 0.525. The normalized spacial score (nSPS) is 14.6. The Morgan fingerprint density at radius 1 is 1.09 bits per heavy atom. The Bertz CT molecular complexity index is 1270. The predicted octanol–water partition coefficient (Wildman–Crippen LogP) is 11.5. The topological polar surface area (TPSA) is 38.3 Å². The zero-order valence-corrected chi connectivity index (χ0v) is 31.1. The average molecular weight is 656 g/mol. The fourth-order valence-electron chi connectivity index (χ4n) is 4.99. The SMILES string of the molecule is C#C.CC.CCC(C)C.CCC1(CC)C/C(=C\C(Nc2cccc(C)c2CCC(C)=O)=C2CCC2)c2ccc(P)cc2O1.FCF. The van der Waals surface area contributed by atoms with E-state index < -0.39 is 6.93 Å². The van der Waals surface area contributed by atoms with Crippen molar-refractivity contribution in [3.8, 4) is 18.6 Å². The van der Waals surface area contributed by atoms with E-state index in [9.17, 15) is 13.6 Å². The second-order valence-electron chi connectivity index (χ2n) is 11.8. The van der Waals surface area contributed by atoms with Gasteiger partial charge in [-0.15, -0.1) is 22.1 Å². The third kappa shape index (κ3) is 13.8. The summed E-state index contributed by atoms with van der Waals surface area (Å²) in [5.74, 6) is 2.11. The molecule has 1 N–H and O–H groups in total. The van der Waals surface area contributed by atoms with Crippen molar-refractivity contribution in [1.82, 2.24) is 0 Å². The highest BCUT2D eigenvalue weighted by molar-refractivity contribution is 7.27. The number of terminal acetylenes is 1. The Labute approximate surface area is 282 Å². The highest BCUT2D eigenvalue weighted by Gasteiger charge is 2.36. The molecular weight excluding hydrogens is 595 g/mol. The first kappa shape index (κ1) is 43.0. The molecule has 0 aromatic heterocycles. The summed E-state index contributed by atoms with van der Waals surface area (Å²) in [5, 5.41) is 4.96. The number of hydrogen-bond donors (Lipinski definition) is 1. The highest BCUT2D eigenvalue weighted by atomic mass is 31.0. The minimum absolute atomic E-state index is 0.164. The lowest BCUT2D eigenvalue weighted by atomic mass is 9.82. The van der Waals surface area contributed by atoms with Crippen molar-refractivity contribution in [1.29, 1.82) is 0 Å². The van der Waals surface area contributed by atoms with Crippen LogP contribution >= 0.6 is 9.24 Å². The number of benzene rings is 2. The number of allylic oxidation sites excluding steroid dienone is 2. The van der Waals surface area contributed by atoms with Gasteiger partial charge in [0.05, 0.1) is 0 Å². The van der Waals surface area contributed by atoms with Gasteiger partial charge >= 0.3 is 0 Å². The molecule has 2 aromatic carbocycles. The van der Waals surface area contributed by atoms with Crippen LogP contribution in [0, 0.1) is 25.7 Å². The molecule has 2 aliphatic rings. The van der Waals surface area contributed by atoms with E-state index in [1.54, 1.807) is 6.92 Å². The maximum atomic E-state index is 11.7. The first-order valence-electron chi connectivity index (χ1n) is 16.8. The van der Waals surface area contributed by atoms with Crippen LogP contribution in [0.4, 0.5) is 14.5 Å². The highest BCUT2D eigenvalue weighted by Crippen LogP contribution is 2.44. The Hall–Kier alpha value is -2.96. The van der Waals surface area contributed by atoms with Crippen LogP contribution in [0.25, 0.3) is 5.57 Å². The summed E-state index contributed by atoms with van der Waals surface area (Å²) in [7, 11) is 2.79. The molecule has 1 unspecified atom stereocenters. The fourth-order valence-corrected chi connectivity index (χ4v) is 5.24. The van der Waals surface area contributed by atoms with Crippen molar-refractivity contribution >= 4 is 31.6 Å². The van der Waals surface area contributed by atoms with Crippen LogP contribution in [0.1, 0.15) is 123 Å². The lowest BCUT2D eigenvalue weighted by Gasteiger charge is -2.39. The number of nitrogens with one attached hydrogen (secondary N) is 1. The summed E-state index contributed by atoms with van der Waals surface area (Å²) in [6, 6.07) is 12.9. The lowest BCUT2D eigenvalue weighted by Crippen LogP contribution is -2.38. The number of carbonyl (C=O) groups excluding carboxylic acids is 1. The number of fused-ring (bicyclic) bond motifs is 1. The molecule has 1 saturated carbocycles. The molecule has 3 nitrogen and oxygen atoms in total. The Morgan fingerprint density at radius 2 is 1.67 bits per heavy atom. The van der Waals surface area contributed by atoms with Crippen LogP contribution in [0.15, 0.2) is 53.7 Å². The lowest BCUT2D eigenvalue weighted by molar-refractivity contribution is -0.116. The zero-order valence-electron chi connectivity index (χ0n) is 30.0. The molecule has 1 atom stereocenters. The maximum Gasteiger partial charge on any atom is 0.229 e. The van der Waals surface area contributed by atoms with Crippen molar-refractivity contribution in [2.45, 2.75) is 126 Å². The number of halogens is 2. The molecule has 0 bridgehead atoms.